The molecule has 1 heterocycles. The molecule has 0 spiro atoms. The van der Waals surface area contributed by atoms with Gasteiger partial charge in [0.2, 0.25) is 5.88 Å². The first-order chi connectivity index (χ1) is 6.00. The quantitative estimate of drug-likeness (QED) is 0.495. The highest BCUT2D eigenvalue weighted by Gasteiger charge is 2.11. The van der Waals surface area contributed by atoms with E-state index in [2.05, 4.69) is 22.6 Å². The van der Waals surface area contributed by atoms with Gasteiger partial charge >= 0.3 is 0 Å². The Balaban J connectivity index is 3.06. The summed E-state index contributed by atoms with van der Waals surface area (Å²) < 4.78 is 0. The molecule has 13 heavy (non-hydrogen) atoms. The van der Waals surface area contributed by atoms with Crippen molar-refractivity contribution in [1.82, 2.24) is 9.97 Å². The van der Waals surface area contributed by atoms with Gasteiger partial charge in [0.25, 0.3) is 0 Å². The largest absolute Gasteiger partial charge is 0.493 e. The number of anilines is 1. The Kier molecular flexibility index (Phi) is 2.98. The van der Waals surface area contributed by atoms with Gasteiger partial charge in [-0.15, -0.1) is 12.6 Å². The van der Waals surface area contributed by atoms with E-state index in [1.165, 1.54) is 0 Å². The van der Waals surface area contributed by atoms with Gasteiger partial charge < -0.3 is 10.8 Å². The van der Waals surface area contributed by atoms with Crippen molar-refractivity contribution in [1.29, 1.82) is 0 Å². The molecule has 0 atom stereocenters. The zero-order chi connectivity index (χ0) is 10.0. The molecule has 1 aromatic heterocycles. The predicted molar refractivity (Wildman–Crippen MR) is 53.9 cm³/mol. The zero-order valence-corrected chi connectivity index (χ0v) is 8.55. The van der Waals surface area contributed by atoms with Crippen LogP contribution in [0, 0.1) is 5.92 Å². The number of nitrogens with zero attached hydrogens (tertiary/aromatic N) is 2. The number of hydrogen-bond acceptors (Lipinski definition) is 5. The van der Waals surface area contributed by atoms with Crippen molar-refractivity contribution < 1.29 is 5.11 Å². The predicted octanol–water partition coefficient (Wildman–Crippen LogP) is 1.25. The number of thiol groups is 1. The summed E-state index contributed by atoms with van der Waals surface area (Å²) in [5, 5.41) is 9.64. The third-order valence-corrected chi connectivity index (χ3v) is 1.82. The summed E-state index contributed by atoms with van der Waals surface area (Å²) in [5.74, 6) is 0.653. The molecule has 5 heteroatoms. The normalized spacial score (nSPS) is 10.8. The first-order valence-electron chi connectivity index (χ1n) is 4.05. The van der Waals surface area contributed by atoms with E-state index >= 15 is 0 Å². The van der Waals surface area contributed by atoms with Crippen molar-refractivity contribution in [2.75, 3.05) is 5.73 Å². The van der Waals surface area contributed by atoms with Crippen molar-refractivity contribution in [3.8, 4) is 5.88 Å². The van der Waals surface area contributed by atoms with Crippen molar-refractivity contribution in [3.63, 3.8) is 0 Å². The SMILES string of the molecule is CC(C)Cc1c(N)nc(S)nc1O. The van der Waals surface area contributed by atoms with E-state index in [1.54, 1.807) is 0 Å². The summed E-state index contributed by atoms with van der Waals surface area (Å²) in [7, 11) is 0. The number of nitrogen functional groups attached to an aromatic ring is 1. The zero-order valence-electron chi connectivity index (χ0n) is 7.65. The van der Waals surface area contributed by atoms with Crippen LogP contribution in [0.3, 0.4) is 0 Å². The maximum atomic E-state index is 9.44. The Morgan fingerprint density at radius 1 is 1.46 bits per heavy atom. The molecule has 0 fully saturated rings. The van der Waals surface area contributed by atoms with Crippen LogP contribution < -0.4 is 5.73 Å². The lowest BCUT2D eigenvalue weighted by Crippen LogP contribution is -2.04. The molecule has 4 nitrogen and oxygen atoms in total. The van der Waals surface area contributed by atoms with Crippen LogP contribution in [0.5, 0.6) is 5.88 Å². The van der Waals surface area contributed by atoms with Gasteiger partial charge in [-0.1, -0.05) is 13.8 Å². The second-order valence-corrected chi connectivity index (χ2v) is 3.71. The fourth-order valence-electron chi connectivity index (χ4n) is 1.08. The minimum atomic E-state index is -0.0637. The Hall–Kier alpha value is -0.970. The van der Waals surface area contributed by atoms with Crippen LogP contribution in [0.4, 0.5) is 5.82 Å². The van der Waals surface area contributed by atoms with E-state index in [0.29, 0.717) is 23.7 Å². The summed E-state index contributed by atoms with van der Waals surface area (Å²) in [5.41, 5.74) is 6.21. The molecule has 0 radical (unpaired) electrons. The van der Waals surface area contributed by atoms with Crippen LogP contribution in [-0.2, 0) is 6.42 Å². The first kappa shape index (κ1) is 10.1. The Morgan fingerprint density at radius 2 is 2.08 bits per heavy atom. The molecule has 0 aromatic carbocycles. The van der Waals surface area contributed by atoms with E-state index < -0.39 is 0 Å². The van der Waals surface area contributed by atoms with Gasteiger partial charge in [0.1, 0.15) is 5.82 Å². The lowest BCUT2D eigenvalue weighted by atomic mass is 10.0. The first-order valence-corrected chi connectivity index (χ1v) is 4.49. The van der Waals surface area contributed by atoms with Crippen molar-refractivity contribution in [3.05, 3.63) is 5.56 Å². The summed E-state index contributed by atoms with van der Waals surface area (Å²) in [6.45, 7) is 4.07. The summed E-state index contributed by atoms with van der Waals surface area (Å²) in [6, 6.07) is 0. The van der Waals surface area contributed by atoms with Gasteiger partial charge in [0, 0.05) is 0 Å². The molecule has 1 rings (SSSR count). The highest BCUT2D eigenvalue weighted by molar-refractivity contribution is 7.80. The van der Waals surface area contributed by atoms with Gasteiger partial charge in [-0.25, -0.2) is 4.98 Å². The van der Waals surface area contributed by atoms with Gasteiger partial charge in [-0.3, -0.25) is 0 Å². The molecule has 0 saturated carbocycles. The molecule has 0 unspecified atom stereocenters. The van der Waals surface area contributed by atoms with Crippen molar-refractivity contribution >= 4 is 18.4 Å². The number of aromatic nitrogens is 2. The summed E-state index contributed by atoms with van der Waals surface area (Å²) in [6.07, 6.45) is 0.672. The highest BCUT2D eigenvalue weighted by Crippen LogP contribution is 2.23. The molecular weight excluding hydrogens is 186 g/mol. The third kappa shape index (κ3) is 2.48. The monoisotopic (exact) mass is 199 g/mol. The van der Waals surface area contributed by atoms with Crippen LogP contribution in [0.15, 0.2) is 5.16 Å². The van der Waals surface area contributed by atoms with E-state index in [1.807, 2.05) is 13.8 Å². The second-order valence-electron chi connectivity index (χ2n) is 3.31. The van der Waals surface area contributed by atoms with E-state index in [9.17, 15) is 5.11 Å². The Morgan fingerprint density at radius 3 is 2.54 bits per heavy atom. The molecule has 1 aromatic rings. The summed E-state index contributed by atoms with van der Waals surface area (Å²) >= 11 is 3.90. The van der Waals surface area contributed by atoms with Crippen LogP contribution in [0.2, 0.25) is 0 Å². The van der Waals surface area contributed by atoms with Gasteiger partial charge in [0.05, 0.1) is 5.56 Å². The topological polar surface area (TPSA) is 72.0 Å². The van der Waals surface area contributed by atoms with E-state index in [-0.39, 0.29) is 11.0 Å². The minimum Gasteiger partial charge on any atom is -0.493 e. The lowest BCUT2D eigenvalue weighted by Gasteiger charge is -2.08. The van der Waals surface area contributed by atoms with Crippen molar-refractivity contribution in [2.24, 2.45) is 5.92 Å². The number of nitrogens with two attached hydrogens (primary N) is 1. The average molecular weight is 199 g/mol. The fraction of sp³-hybridized carbons (Fsp3) is 0.500. The smallest absolute Gasteiger partial charge is 0.220 e. The van der Waals surface area contributed by atoms with Crippen LogP contribution in [0.1, 0.15) is 19.4 Å². The molecule has 0 bridgehead atoms. The molecule has 0 aliphatic carbocycles. The Bertz CT molecular complexity index is 291. The van der Waals surface area contributed by atoms with Crippen LogP contribution in [-0.4, -0.2) is 15.1 Å². The second kappa shape index (κ2) is 3.83. The Labute approximate surface area is 82.6 Å². The maximum Gasteiger partial charge on any atom is 0.220 e. The van der Waals surface area contributed by atoms with Crippen molar-refractivity contribution in [2.45, 2.75) is 25.4 Å². The molecular formula is C8H13N3OS. The van der Waals surface area contributed by atoms with Gasteiger partial charge in [-0.05, 0) is 12.3 Å². The lowest BCUT2D eigenvalue weighted by molar-refractivity contribution is 0.433. The summed E-state index contributed by atoms with van der Waals surface area (Å²) in [4.78, 5) is 7.57. The molecule has 0 amide bonds. The number of aromatic hydroxyl groups is 1. The maximum absolute atomic E-state index is 9.44. The third-order valence-electron chi connectivity index (χ3n) is 1.62. The highest BCUT2D eigenvalue weighted by atomic mass is 32.1. The molecule has 0 aliphatic rings. The number of hydrogen-bond donors (Lipinski definition) is 3. The average Bonchev–Trinajstić information content (AvgIpc) is 1.96. The van der Waals surface area contributed by atoms with Crippen LogP contribution >= 0.6 is 12.6 Å². The molecule has 72 valence electrons. The van der Waals surface area contributed by atoms with Gasteiger partial charge in [0.15, 0.2) is 5.16 Å². The minimum absolute atomic E-state index is 0.0637. The van der Waals surface area contributed by atoms with Crippen LogP contribution in [0.25, 0.3) is 0 Å². The van der Waals surface area contributed by atoms with E-state index in [0.717, 1.165) is 0 Å². The fourth-order valence-corrected chi connectivity index (χ4v) is 1.28. The van der Waals surface area contributed by atoms with Gasteiger partial charge in [-0.2, -0.15) is 4.98 Å². The number of rotatable bonds is 2. The molecule has 0 saturated heterocycles. The molecule has 3 N–H and O–H groups in total. The standard InChI is InChI=1S/C8H13N3OS/c1-4(2)3-5-6(9)10-8(13)11-7(5)12/h4H,3H2,1-2H3,(H4,9,10,11,12,13). The van der Waals surface area contributed by atoms with E-state index in [4.69, 9.17) is 5.73 Å². The molecule has 0 aliphatic heterocycles.